The van der Waals surface area contributed by atoms with Crippen molar-refractivity contribution < 1.29 is 19.8 Å². The molecule has 12 heteroatoms. The topological polar surface area (TPSA) is 134 Å². The van der Waals surface area contributed by atoms with Crippen LogP contribution in [0.3, 0.4) is 0 Å². The van der Waals surface area contributed by atoms with Crippen LogP contribution in [0.4, 0.5) is 11.4 Å². The van der Waals surface area contributed by atoms with Gasteiger partial charge in [-0.05, 0) is 50.2 Å². The Hall–Kier alpha value is -3.38. The molecule has 0 aliphatic carbocycles. The number of halogens is 2. The van der Waals surface area contributed by atoms with Gasteiger partial charge in [-0.25, -0.2) is 0 Å². The van der Waals surface area contributed by atoms with Gasteiger partial charge in [0.15, 0.2) is 11.4 Å². The van der Waals surface area contributed by atoms with E-state index >= 15 is 0 Å². The first-order valence-electron chi connectivity index (χ1n) is 10.7. The monoisotopic (exact) mass is 602 g/mol. The summed E-state index contributed by atoms with van der Waals surface area (Å²) in [5.74, 6) is -1.94. The largest absolute Gasteiger partial charge is 0.493 e. The van der Waals surface area contributed by atoms with Crippen LogP contribution in [-0.4, -0.2) is 31.2 Å². The lowest BCUT2D eigenvalue weighted by Crippen LogP contribution is -2.01. The Morgan fingerprint density at radius 1 is 0.771 bits per heavy atom. The number of aromatic nitrogens is 2. The highest BCUT2D eigenvalue weighted by molar-refractivity contribution is 9.10. The Balaban J connectivity index is 1.54. The molecule has 0 aliphatic heterocycles. The number of hydrogen-bond acceptors (Lipinski definition) is 6. The highest BCUT2D eigenvalue weighted by Crippen LogP contribution is 2.41. The molecule has 2 amide bonds. The molecule has 2 heterocycles. The summed E-state index contributed by atoms with van der Waals surface area (Å²) in [5.41, 5.74) is 1.73. The minimum absolute atomic E-state index is 0.128. The summed E-state index contributed by atoms with van der Waals surface area (Å²) in [5, 5.41) is 37.2. The molecule has 0 atom stereocenters. The maximum absolute atomic E-state index is 12.3. The van der Waals surface area contributed by atoms with Crippen molar-refractivity contribution >= 4 is 76.9 Å². The van der Waals surface area contributed by atoms with Crippen molar-refractivity contribution in [1.82, 2.24) is 9.13 Å². The summed E-state index contributed by atoms with van der Waals surface area (Å²) in [6.07, 6.45) is -0.666. The summed E-state index contributed by atoms with van der Waals surface area (Å²) in [4.78, 5) is 24.5. The van der Waals surface area contributed by atoms with E-state index in [9.17, 15) is 19.8 Å². The quantitative estimate of drug-likeness (QED) is 0.183. The second-order valence-corrected chi connectivity index (χ2v) is 9.35. The van der Waals surface area contributed by atoms with Crippen LogP contribution >= 0.6 is 31.9 Å². The van der Waals surface area contributed by atoms with Gasteiger partial charge >= 0.3 is 0 Å². The lowest BCUT2D eigenvalue weighted by molar-refractivity contribution is -0.126. The molecule has 0 fully saturated rings. The van der Waals surface area contributed by atoms with E-state index in [4.69, 9.17) is 0 Å². The molecule has 0 bridgehead atoms. The molecule has 10 nitrogen and oxygen atoms in total. The molecule has 4 aromatic rings. The van der Waals surface area contributed by atoms with E-state index < -0.39 is 18.2 Å². The third-order valence-electron chi connectivity index (χ3n) is 5.40. The number of hydrogen-bond donors (Lipinski definition) is 2. The standard InChI is InChI=1S/C23H20Br2N6O4/c1-3-30-16-7-5-12(24)9-14(16)20(22(30)34)28-26-18(32)11-19(33)27-29-21-15-10-13(25)6-8-17(15)31(4-2)23(21)35/h5-10,34-35H,3-4,11H2,1-2H3. The number of rotatable bonds is 6. The lowest BCUT2D eigenvalue weighted by Gasteiger charge is -2.01. The van der Waals surface area contributed by atoms with Crippen LogP contribution in [0.1, 0.15) is 20.3 Å². The number of nitrogens with zero attached hydrogens (tertiary/aromatic N) is 6. The highest BCUT2D eigenvalue weighted by atomic mass is 79.9. The van der Waals surface area contributed by atoms with Crippen LogP contribution in [0.5, 0.6) is 11.8 Å². The highest BCUT2D eigenvalue weighted by Gasteiger charge is 2.18. The molecule has 2 aromatic heterocycles. The van der Waals surface area contributed by atoms with Gasteiger partial charge < -0.3 is 19.3 Å². The van der Waals surface area contributed by atoms with Gasteiger partial charge in [0.25, 0.3) is 11.8 Å². The molecule has 2 N–H and O–H groups in total. The van der Waals surface area contributed by atoms with E-state index in [0.717, 1.165) is 20.0 Å². The first-order valence-corrected chi connectivity index (χ1v) is 12.2. The van der Waals surface area contributed by atoms with Crippen molar-refractivity contribution in [3.8, 4) is 11.8 Å². The smallest absolute Gasteiger partial charge is 0.274 e. The van der Waals surface area contributed by atoms with Crippen molar-refractivity contribution in [2.75, 3.05) is 0 Å². The predicted molar refractivity (Wildman–Crippen MR) is 138 cm³/mol. The Morgan fingerprint density at radius 2 is 1.17 bits per heavy atom. The van der Waals surface area contributed by atoms with Gasteiger partial charge in [0.1, 0.15) is 6.42 Å². The van der Waals surface area contributed by atoms with Crippen LogP contribution in [0, 0.1) is 0 Å². The molecule has 0 saturated heterocycles. The minimum atomic E-state index is -0.844. The summed E-state index contributed by atoms with van der Waals surface area (Å²) in [6, 6.07) is 10.8. The van der Waals surface area contributed by atoms with Crippen LogP contribution in [0.2, 0.25) is 0 Å². The number of aromatic hydroxyl groups is 2. The number of fused-ring (bicyclic) bond motifs is 2. The third kappa shape index (κ3) is 4.76. The molecule has 0 unspecified atom stereocenters. The molecule has 0 aliphatic rings. The molecule has 0 saturated carbocycles. The normalized spacial score (nSPS) is 12.0. The van der Waals surface area contributed by atoms with Gasteiger partial charge in [0, 0.05) is 32.8 Å². The second-order valence-electron chi connectivity index (χ2n) is 7.52. The fraction of sp³-hybridized carbons (Fsp3) is 0.217. The zero-order valence-electron chi connectivity index (χ0n) is 18.7. The number of benzene rings is 2. The molecule has 0 radical (unpaired) electrons. The van der Waals surface area contributed by atoms with E-state index in [1.165, 1.54) is 0 Å². The molecule has 0 spiro atoms. The van der Waals surface area contributed by atoms with Gasteiger partial charge in [-0.2, -0.15) is 0 Å². The van der Waals surface area contributed by atoms with Crippen LogP contribution < -0.4 is 0 Å². The minimum Gasteiger partial charge on any atom is -0.493 e. The fourth-order valence-corrected chi connectivity index (χ4v) is 4.56. The number of carbonyl (C=O) groups is 2. The lowest BCUT2D eigenvalue weighted by atomic mass is 10.2. The Morgan fingerprint density at radius 3 is 1.54 bits per heavy atom. The molecule has 4 rings (SSSR count). The van der Waals surface area contributed by atoms with E-state index in [1.54, 1.807) is 21.3 Å². The van der Waals surface area contributed by atoms with Gasteiger partial charge in [0.05, 0.1) is 11.0 Å². The summed E-state index contributed by atoms with van der Waals surface area (Å²) in [6.45, 7) is 4.71. The van der Waals surface area contributed by atoms with E-state index in [0.29, 0.717) is 23.9 Å². The van der Waals surface area contributed by atoms with Crippen LogP contribution in [-0.2, 0) is 22.7 Å². The summed E-state index contributed by atoms with van der Waals surface area (Å²) < 4.78 is 4.82. The van der Waals surface area contributed by atoms with Crippen molar-refractivity contribution in [2.45, 2.75) is 33.4 Å². The van der Waals surface area contributed by atoms with Crippen molar-refractivity contribution in [2.24, 2.45) is 20.5 Å². The molecule has 180 valence electrons. The van der Waals surface area contributed by atoms with E-state index in [1.807, 2.05) is 38.1 Å². The first-order chi connectivity index (χ1) is 16.7. The first kappa shape index (κ1) is 24.7. The second kappa shape index (κ2) is 10.1. The van der Waals surface area contributed by atoms with Crippen molar-refractivity contribution in [3.05, 3.63) is 45.3 Å². The number of azo groups is 2. The van der Waals surface area contributed by atoms with Gasteiger partial charge in [-0.15, -0.1) is 20.5 Å². The molecular weight excluding hydrogens is 584 g/mol. The summed E-state index contributed by atoms with van der Waals surface area (Å²) >= 11 is 6.76. The van der Waals surface area contributed by atoms with Crippen LogP contribution in [0.15, 0.2) is 65.8 Å². The van der Waals surface area contributed by atoms with E-state index in [-0.39, 0.29) is 23.1 Å². The van der Waals surface area contributed by atoms with Crippen LogP contribution in [0.25, 0.3) is 21.8 Å². The number of carbonyl (C=O) groups excluding carboxylic acids is 2. The zero-order chi connectivity index (χ0) is 25.3. The van der Waals surface area contributed by atoms with Crippen molar-refractivity contribution in [1.29, 1.82) is 0 Å². The predicted octanol–water partition coefficient (Wildman–Crippen LogP) is 6.88. The molecule has 2 aromatic carbocycles. The van der Waals surface area contributed by atoms with Crippen molar-refractivity contribution in [3.63, 3.8) is 0 Å². The number of aryl methyl sites for hydroxylation is 2. The molecular formula is C23H20Br2N6O4. The summed E-state index contributed by atoms with van der Waals surface area (Å²) in [7, 11) is 0. The average Bonchev–Trinajstić information content (AvgIpc) is 3.24. The Bertz CT molecular complexity index is 1420. The van der Waals surface area contributed by atoms with Gasteiger partial charge in [-0.3, -0.25) is 9.59 Å². The maximum atomic E-state index is 12.3. The van der Waals surface area contributed by atoms with Gasteiger partial charge in [0.2, 0.25) is 11.8 Å². The number of amides is 2. The Kier molecular flexibility index (Phi) is 7.13. The fourth-order valence-electron chi connectivity index (χ4n) is 3.84. The SMILES string of the molecule is CCn1c(O)c(N=NC(=O)CC(=O)N=Nc2c(O)n(CC)c3ccc(Br)cc23)c2cc(Br)ccc21. The third-order valence-corrected chi connectivity index (χ3v) is 6.39. The maximum Gasteiger partial charge on any atom is 0.274 e. The van der Waals surface area contributed by atoms with E-state index in [2.05, 4.69) is 52.3 Å². The average molecular weight is 604 g/mol. The zero-order valence-corrected chi connectivity index (χ0v) is 21.9. The Labute approximate surface area is 216 Å². The molecule has 35 heavy (non-hydrogen) atoms. The van der Waals surface area contributed by atoms with Gasteiger partial charge in [-0.1, -0.05) is 31.9 Å².